The van der Waals surface area contributed by atoms with Gasteiger partial charge in [0.15, 0.2) is 0 Å². The molecule has 2 saturated heterocycles. The summed E-state index contributed by atoms with van der Waals surface area (Å²) in [6, 6.07) is 14.1. The van der Waals surface area contributed by atoms with Crippen LogP contribution in [0.4, 0.5) is 4.79 Å². The van der Waals surface area contributed by atoms with E-state index in [-0.39, 0.29) is 23.2 Å². The number of nitrogens with zero attached hydrogens (tertiary/aromatic N) is 2. The van der Waals surface area contributed by atoms with Crippen molar-refractivity contribution in [3.8, 4) is 0 Å². The van der Waals surface area contributed by atoms with Crippen LogP contribution in [0.25, 0.3) is 0 Å². The van der Waals surface area contributed by atoms with E-state index in [1.54, 1.807) is 26.0 Å². The monoisotopic (exact) mass is 561 g/mol. The van der Waals surface area contributed by atoms with Gasteiger partial charge < -0.3 is 14.8 Å². The summed E-state index contributed by atoms with van der Waals surface area (Å²) in [6.07, 6.45) is 0.139. The first-order valence-electron chi connectivity index (χ1n) is 13.4. The van der Waals surface area contributed by atoms with Gasteiger partial charge in [-0.2, -0.15) is 8.42 Å². The van der Waals surface area contributed by atoms with Crippen LogP contribution in [0.5, 0.6) is 0 Å². The lowest BCUT2D eigenvalue weighted by Gasteiger charge is -2.46. The van der Waals surface area contributed by atoms with E-state index in [0.29, 0.717) is 17.7 Å². The van der Waals surface area contributed by atoms with E-state index in [0.717, 1.165) is 44.8 Å². The zero-order valence-corrected chi connectivity index (χ0v) is 24.8. The summed E-state index contributed by atoms with van der Waals surface area (Å²) in [5.41, 5.74) is 3.05. The van der Waals surface area contributed by atoms with Gasteiger partial charge >= 0.3 is 6.09 Å². The molecule has 2 unspecified atom stereocenters. The maximum absolute atomic E-state index is 11.7. The molecule has 0 radical (unpaired) electrons. The van der Waals surface area contributed by atoms with Crippen LogP contribution in [-0.4, -0.2) is 85.9 Å². The van der Waals surface area contributed by atoms with Crippen LogP contribution in [0.2, 0.25) is 0 Å². The van der Waals surface area contributed by atoms with Crippen molar-refractivity contribution in [1.82, 2.24) is 15.1 Å². The van der Waals surface area contributed by atoms with Crippen molar-refractivity contribution < 1.29 is 27.2 Å². The summed E-state index contributed by atoms with van der Waals surface area (Å²) in [5.74, 6) is 0. The molecule has 2 aliphatic rings. The number of benzene rings is 2. The lowest BCUT2D eigenvalue weighted by atomic mass is 10.1. The number of hydrogen-bond acceptors (Lipinski definition) is 7. The molecule has 0 aliphatic carbocycles. The first-order valence-corrected chi connectivity index (χ1v) is 14.8. The third kappa shape index (κ3) is 10.2. The van der Waals surface area contributed by atoms with Crippen LogP contribution in [-0.2, 0) is 26.1 Å². The van der Waals surface area contributed by atoms with Gasteiger partial charge in [-0.15, -0.1) is 0 Å². The van der Waals surface area contributed by atoms with Gasteiger partial charge in [-0.3, -0.25) is 14.4 Å². The standard InChI is InChI=1S/C20H31N3O3.C9H12O3S/c1-20(2,3)26-19(24)21-9-10-22-12-17-14-23(15-18(13-22)25-17)11-16-7-5-4-6-8-16;1-6-4-7(2)9(8(3)5-6)13(10,11)12/h4-8,17-18H,9-15H2,1-3H3,(H,21,24);4-5H,1-3H3,(H,10,11,12). The molecule has 2 N–H and O–H groups in total. The van der Waals surface area contributed by atoms with Crippen molar-refractivity contribution in [2.75, 3.05) is 39.3 Å². The number of amides is 1. The molecule has 2 atom stereocenters. The molecule has 4 rings (SSSR count). The first kappa shape index (κ1) is 31.0. The Labute approximate surface area is 233 Å². The Hall–Kier alpha value is -2.50. The highest BCUT2D eigenvalue weighted by Crippen LogP contribution is 2.22. The van der Waals surface area contributed by atoms with Crippen LogP contribution < -0.4 is 5.32 Å². The molecule has 216 valence electrons. The van der Waals surface area contributed by atoms with Crippen LogP contribution >= 0.6 is 0 Å². The Bertz CT molecular complexity index is 1180. The number of ether oxygens (including phenoxy) is 2. The second-order valence-corrected chi connectivity index (χ2v) is 12.8. The molecule has 0 aromatic heterocycles. The molecule has 2 fully saturated rings. The number of rotatable bonds is 6. The summed E-state index contributed by atoms with van der Waals surface area (Å²) in [4.78, 5) is 16.6. The minimum atomic E-state index is -4.08. The highest BCUT2D eigenvalue weighted by atomic mass is 32.2. The van der Waals surface area contributed by atoms with Crippen LogP contribution in [0.1, 0.15) is 43.0 Å². The molecule has 0 spiro atoms. The van der Waals surface area contributed by atoms with Gasteiger partial charge in [0.25, 0.3) is 10.1 Å². The van der Waals surface area contributed by atoms with Crippen LogP contribution in [0.3, 0.4) is 0 Å². The number of aryl methyl sites for hydroxylation is 3. The smallest absolute Gasteiger partial charge is 0.407 e. The highest BCUT2D eigenvalue weighted by Gasteiger charge is 2.34. The van der Waals surface area contributed by atoms with Crippen LogP contribution in [0.15, 0.2) is 47.4 Å². The summed E-state index contributed by atoms with van der Waals surface area (Å²) in [5, 5.41) is 2.84. The predicted molar refractivity (Wildman–Crippen MR) is 152 cm³/mol. The topological polar surface area (TPSA) is 108 Å². The molecule has 10 heteroatoms. The van der Waals surface area contributed by atoms with E-state index in [9.17, 15) is 13.2 Å². The molecular weight excluding hydrogens is 518 g/mol. The lowest BCUT2D eigenvalue weighted by molar-refractivity contribution is -0.139. The Morgan fingerprint density at radius 1 is 1.00 bits per heavy atom. The summed E-state index contributed by atoms with van der Waals surface area (Å²) in [6.45, 7) is 17.0. The van der Waals surface area contributed by atoms with Crippen molar-refractivity contribution >= 4 is 16.2 Å². The Morgan fingerprint density at radius 3 is 2.05 bits per heavy atom. The third-order valence-corrected chi connectivity index (χ3v) is 7.60. The summed E-state index contributed by atoms with van der Waals surface area (Å²) < 4.78 is 42.2. The normalized spacial score (nSPS) is 20.1. The Balaban J connectivity index is 0.000000272. The highest BCUT2D eigenvalue weighted by molar-refractivity contribution is 7.86. The SMILES string of the molecule is CC(C)(C)OC(=O)NCCN1CC2CN(Cc3ccccc3)CC(C1)O2.Cc1cc(C)c(S(=O)(=O)O)c(C)c1. The zero-order valence-electron chi connectivity index (χ0n) is 23.9. The molecule has 2 aromatic rings. The van der Waals surface area contributed by atoms with E-state index in [2.05, 4.69) is 45.4 Å². The average molecular weight is 562 g/mol. The first-order chi connectivity index (χ1) is 18.2. The quantitative estimate of drug-likeness (QED) is 0.511. The molecule has 39 heavy (non-hydrogen) atoms. The molecule has 2 bridgehead atoms. The number of hydrogen-bond donors (Lipinski definition) is 2. The van der Waals surface area contributed by atoms with E-state index >= 15 is 0 Å². The average Bonchev–Trinajstić information content (AvgIpc) is 2.77. The van der Waals surface area contributed by atoms with Gasteiger partial charge in [-0.1, -0.05) is 48.0 Å². The fraction of sp³-hybridized carbons (Fsp3) is 0.552. The van der Waals surface area contributed by atoms with E-state index < -0.39 is 15.7 Å². The summed E-state index contributed by atoms with van der Waals surface area (Å²) in [7, 11) is -4.08. The van der Waals surface area contributed by atoms with Crippen LogP contribution in [0, 0.1) is 20.8 Å². The van der Waals surface area contributed by atoms with Gasteiger partial charge in [-0.25, -0.2) is 4.79 Å². The Morgan fingerprint density at radius 2 is 1.54 bits per heavy atom. The molecule has 2 aliphatic heterocycles. The van der Waals surface area contributed by atoms with Gasteiger partial charge in [0, 0.05) is 45.8 Å². The second kappa shape index (κ2) is 13.2. The number of alkyl carbamates (subject to hydrolysis) is 1. The molecular formula is C29H43N3O6S. The van der Waals surface area contributed by atoms with Crippen molar-refractivity contribution in [2.45, 2.75) is 70.8 Å². The van der Waals surface area contributed by atoms with E-state index in [4.69, 9.17) is 14.0 Å². The number of carbonyl (C=O) groups is 1. The number of fused-ring (bicyclic) bond motifs is 2. The van der Waals surface area contributed by atoms with Crippen molar-refractivity contribution in [3.05, 3.63) is 64.7 Å². The largest absolute Gasteiger partial charge is 0.444 e. The summed E-state index contributed by atoms with van der Waals surface area (Å²) >= 11 is 0. The fourth-order valence-corrected chi connectivity index (χ4v) is 6.15. The molecule has 2 heterocycles. The zero-order chi connectivity index (χ0) is 28.8. The molecule has 0 saturated carbocycles. The minimum absolute atomic E-state index is 0.0260. The maximum atomic E-state index is 11.7. The van der Waals surface area contributed by atoms with Gasteiger partial charge in [0.2, 0.25) is 0 Å². The molecule has 2 aromatic carbocycles. The molecule has 9 nitrogen and oxygen atoms in total. The van der Waals surface area contributed by atoms with Crippen molar-refractivity contribution in [1.29, 1.82) is 0 Å². The molecule has 1 amide bonds. The third-order valence-electron chi connectivity index (χ3n) is 6.44. The minimum Gasteiger partial charge on any atom is -0.444 e. The van der Waals surface area contributed by atoms with Crippen molar-refractivity contribution in [3.63, 3.8) is 0 Å². The van der Waals surface area contributed by atoms with Gasteiger partial charge in [0.05, 0.1) is 17.1 Å². The van der Waals surface area contributed by atoms with E-state index in [1.807, 2.05) is 27.7 Å². The number of nitrogens with one attached hydrogen (secondary N) is 1. The lowest BCUT2D eigenvalue weighted by Crippen LogP contribution is -2.59. The predicted octanol–water partition coefficient (Wildman–Crippen LogP) is 3.95. The van der Waals surface area contributed by atoms with Crippen molar-refractivity contribution in [2.24, 2.45) is 0 Å². The van der Waals surface area contributed by atoms with Gasteiger partial charge in [-0.05, 0) is 58.2 Å². The Kier molecular flexibility index (Phi) is 10.5. The maximum Gasteiger partial charge on any atom is 0.407 e. The van der Waals surface area contributed by atoms with Gasteiger partial charge in [0.1, 0.15) is 5.60 Å². The number of morpholine rings is 2. The fourth-order valence-electron chi connectivity index (χ4n) is 5.22. The van der Waals surface area contributed by atoms with E-state index in [1.165, 1.54) is 5.56 Å². The second-order valence-electron chi connectivity index (χ2n) is 11.5. The number of carbonyl (C=O) groups excluding carboxylic acids is 1.